The van der Waals surface area contributed by atoms with Gasteiger partial charge in [0, 0.05) is 18.7 Å². The lowest BCUT2D eigenvalue weighted by molar-refractivity contribution is -0.274. The number of carbonyl (C=O) groups excluding carboxylic acids is 2. The molecule has 3 aromatic rings. The maximum atomic E-state index is 12.8. The Balaban J connectivity index is 1.66. The molecule has 2 amide bonds. The van der Waals surface area contributed by atoms with Crippen molar-refractivity contribution >= 4 is 34.6 Å². The first-order chi connectivity index (χ1) is 14.7. The molecule has 9 heteroatoms. The minimum Gasteiger partial charge on any atom is -0.406 e. The van der Waals surface area contributed by atoms with Gasteiger partial charge in [-0.1, -0.05) is 18.2 Å². The Morgan fingerprint density at radius 1 is 0.903 bits per heavy atom. The second-order valence-corrected chi connectivity index (χ2v) is 6.86. The third-order valence-electron chi connectivity index (χ3n) is 4.52. The Kier molecular flexibility index (Phi) is 5.02. The number of alkyl halides is 3. The molecule has 0 aromatic heterocycles. The van der Waals surface area contributed by atoms with E-state index in [-0.39, 0.29) is 11.6 Å². The van der Waals surface area contributed by atoms with Gasteiger partial charge in [0.15, 0.2) is 0 Å². The number of hydrogen-bond acceptors (Lipinski definition) is 4. The molecule has 0 unspecified atom stereocenters. The summed E-state index contributed by atoms with van der Waals surface area (Å²) in [5.41, 5.74) is 3.55. The molecule has 0 saturated carbocycles. The van der Waals surface area contributed by atoms with Crippen LogP contribution in [0.4, 0.5) is 35.9 Å². The zero-order valence-electron chi connectivity index (χ0n) is 16.1. The Hall–Kier alpha value is -4.01. The molecule has 0 atom stereocenters. The van der Waals surface area contributed by atoms with Gasteiger partial charge in [0.1, 0.15) is 5.75 Å². The van der Waals surface area contributed by atoms with Gasteiger partial charge in [0.2, 0.25) is 5.91 Å². The minimum atomic E-state index is -4.83. The number of amides is 2. The normalized spacial score (nSPS) is 12.6. The first kappa shape index (κ1) is 20.3. The SMILES string of the molecule is CC(=O)Nc1cccc(-c2ccc3c(c2)C(=O)Nc2cc(OC(F)(F)F)ccc2N3)c1. The maximum absolute atomic E-state index is 12.8. The van der Waals surface area contributed by atoms with Crippen LogP contribution in [-0.4, -0.2) is 18.2 Å². The fourth-order valence-corrected chi connectivity index (χ4v) is 3.27. The fourth-order valence-electron chi connectivity index (χ4n) is 3.27. The van der Waals surface area contributed by atoms with Crippen LogP contribution in [0.2, 0.25) is 0 Å². The van der Waals surface area contributed by atoms with Gasteiger partial charge in [-0.25, -0.2) is 0 Å². The molecule has 0 saturated heterocycles. The monoisotopic (exact) mass is 427 g/mol. The molecule has 3 aromatic carbocycles. The average Bonchev–Trinajstić information content (AvgIpc) is 2.81. The summed E-state index contributed by atoms with van der Waals surface area (Å²) in [5.74, 6) is -1.12. The van der Waals surface area contributed by atoms with Crippen LogP contribution in [0.15, 0.2) is 60.7 Å². The van der Waals surface area contributed by atoms with Crippen molar-refractivity contribution in [2.24, 2.45) is 0 Å². The van der Waals surface area contributed by atoms with Crippen LogP contribution in [0, 0.1) is 0 Å². The third-order valence-corrected chi connectivity index (χ3v) is 4.52. The molecule has 4 rings (SSSR count). The van der Waals surface area contributed by atoms with Gasteiger partial charge in [0.25, 0.3) is 5.91 Å². The van der Waals surface area contributed by atoms with E-state index < -0.39 is 18.0 Å². The lowest BCUT2D eigenvalue weighted by Crippen LogP contribution is -2.17. The average molecular weight is 427 g/mol. The molecule has 3 N–H and O–H groups in total. The van der Waals surface area contributed by atoms with Crippen molar-refractivity contribution in [3.63, 3.8) is 0 Å². The van der Waals surface area contributed by atoms with Crippen LogP contribution >= 0.6 is 0 Å². The van der Waals surface area contributed by atoms with E-state index >= 15 is 0 Å². The Morgan fingerprint density at radius 3 is 2.39 bits per heavy atom. The van der Waals surface area contributed by atoms with Crippen molar-refractivity contribution in [2.45, 2.75) is 13.3 Å². The van der Waals surface area contributed by atoms with Crippen molar-refractivity contribution in [1.82, 2.24) is 0 Å². The molecule has 0 radical (unpaired) electrons. The van der Waals surface area contributed by atoms with Gasteiger partial charge in [-0.2, -0.15) is 0 Å². The molecule has 1 aliphatic rings. The summed E-state index contributed by atoms with van der Waals surface area (Å²) >= 11 is 0. The van der Waals surface area contributed by atoms with Crippen LogP contribution in [0.1, 0.15) is 17.3 Å². The van der Waals surface area contributed by atoms with Gasteiger partial charge < -0.3 is 20.7 Å². The Bertz CT molecular complexity index is 1190. The molecule has 158 valence electrons. The number of ether oxygens (including phenoxy) is 1. The molecule has 1 aliphatic heterocycles. The summed E-state index contributed by atoms with van der Waals surface area (Å²) in [6.45, 7) is 1.41. The van der Waals surface area contributed by atoms with Gasteiger partial charge in [-0.05, 0) is 47.5 Å². The topological polar surface area (TPSA) is 79.5 Å². The number of halogens is 3. The van der Waals surface area contributed by atoms with E-state index in [0.29, 0.717) is 22.6 Å². The maximum Gasteiger partial charge on any atom is 0.573 e. The van der Waals surface area contributed by atoms with E-state index in [2.05, 4.69) is 20.7 Å². The number of benzene rings is 3. The first-order valence-corrected chi connectivity index (χ1v) is 9.18. The van der Waals surface area contributed by atoms with E-state index in [9.17, 15) is 22.8 Å². The second kappa shape index (κ2) is 7.67. The highest BCUT2D eigenvalue weighted by Gasteiger charge is 2.31. The van der Waals surface area contributed by atoms with E-state index in [4.69, 9.17) is 0 Å². The number of rotatable bonds is 3. The highest BCUT2D eigenvalue weighted by atomic mass is 19.4. The fraction of sp³-hybridized carbons (Fsp3) is 0.0909. The minimum absolute atomic E-state index is 0.164. The van der Waals surface area contributed by atoms with Crippen LogP contribution in [-0.2, 0) is 4.79 Å². The van der Waals surface area contributed by atoms with E-state index in [1.807, 2.05) is 6.07 Å². The molecule has 0 fully saturated rings. The number of nitrogens with one attached hydrogen (secondary N) is 3. The zero-order valence-corrected chi connectivity index (χ0v) is 16.1. The molecule has 1 heterocycles. The largest absolute Gasteiger partial charge is 0.573 e. The number of carbonyl (C=O) groups is 2. The highest BCUT2D eigenvalue weighted by molar-refractivity contribution is 6.12. The predicted octanol–water partition coefficient (Wildman–Crippen LogP) is 5.52. The van der Waals surface area contributed by atoms with Crippen LogP contribution in [0.5, 0.6) is 5.75 Å². The molecule has 31 heavy (non-hydrogen) atoms. The van der Waals surface area contributed by atoms with Crippen LogP contribution < -0.4 is 20.7 Å². The lowest BCUT2D eigenvalue weighted by Gasteiger charge is -2.13. The molecular formula is C22H16F3N3O3. The summed E-state index contributed by atoms with van der Waals surface area (Å²) in [4.78, 5) is 24.1. The van der Waals surface area contributed by atoms with Crippen molar-refractivity contribution in [3.8, 4) is 16.9 Å². The second-order valence-electron chi connectivity index (χ2n) is 6.86. The van der Waals surface area contributed by atoms with Crippen molar-refractivity contribution in [1.29, 1.82) is 0 Å². The predicted molar refractivity (Wildman–Crippen MR) is 111 cm³/mol. The van der Waals surface area contributed by atoms with E-state index in [0.717, 1.165) is 17.2 Å². The van der Waals surface area contributed by atoms with Gasteiger partial charge in [0.05, 0.1) is 22.6 Å². The zero-order chi connectivity index (χ0) is 22.2. The summed E-state index contributed by atoms with van der Waals surface area (Å²) < 4.78 is 41.4. The lowest BCUT2D eigenvalue weighted by atomic mass is 10.0. The van der Waals surface area contributed by atoms with Crippen molar-refractivity contribution in [3.05, 3.63) is 66.2 Å². The third kappa shape index (κ3) is 4.61. The van der Waals surface area contributed by atoms with Crippen LogP contribution in [0.25, 0.3) is 11.1 Å². The number of hydrogen-bond donors (Lipinski definition) is 3. The summed E-state index contributed by atoms with van der Waals surface area (Å²) in [7, 11) is 0. The first-order valence-electron chi connectivity index (χ1n) is 9.18. The molecule has 0 spiro atoms. The summed E-state index contributed by atoms with van der Waals surface area (Å²) in [6.07, 6.45) is -4.83. The molecule has 6 nitrogen and oxygen atoms in total. The number of anilines is 4. The quantitative estimate of drug-likeness (QED) is 0.514. The Labute approximate surface area is 175 Å². The smallest absolute Gasteiger partial charge is 0.406 e. The molecular weight excluding hydrogens is 411 g/mol. The van der Waals surface area contributed by atoms with E-state index in [1.54, 1.807) is 36.4 Å². The summed E-state index contributed by atoms with van der Waals surface area (Å²) in [5, 5.41) is 8.38. The summed E-state index contributed by atoms with van der Waals surface area (Å²) in [6, 6.07) is 16.0. The van der Waals surface area contributed by atoms with Gasteiger partial charge in [-0.15, -0.1) is 13.2 Å². The van der Waals surface area contributed by atoms with Crippen molar-refractivity contribution in [2.75, 3.05) is 16.0 Å². The highest BCUT2D eigenvalue weighted by Crippen LogP contribution is 2.37. The molecule has 0 aliphatic carbocycles. The molecule has 0 bridgehead atoms. The van der Waals surface area contributed by atoms with Crippen molar-refractivity contribution < 1.29 is 27.5 Å². The number of fused-ring (bicyclic) bond motifs is 2. The van der Waals surface area contributed by atoms with Crippen LogP contribution in [0.3, 0.4) is 0 Å². The standard InChI is InChI=1S/C22H16F3N3O3/c1-12(29)26-15-4-2-3-13(9-15)14-5-7-18-17(10-14)21(30)28-20-11-16(31-22(23,24)25)6-8-19(20)27-18/h2-11,27H,1H3,(H,26,29)(H,28,30). The van der Waals surface area contributed by atoms with Gasteiger partial charge in [-0.3, -0.25) is 9.59 Å². The Morgan fingerprint density at radius 2 is 1.65 bits per heavy atom. The van der Waals surface area contributed by atoms with E-state index in [1.165, 1.54) is 19.1 Å². The van der Waals surface area contributed by atoms with Gasteiger partial charge >= 0.3 is 6.36 Å².